The SMILES string of the molecule is COc1ccc(C(NC[C@H]2O[C@@H](n3ccc(=O)[nH]c3=O)[C@H](F)[C@H]2O)(c2ccccc2)c2ccccc2)cc1. The van der Waals surface area contributed by atoms with Crippen LogP contribution in [-0.2, 0) is 10.3 Å². The summed E-state index contributed by atoms with van der Waals surface area (Å²) in [5, 5.41) is 14.3. The van der Waals surface area contributed by atoms with E-state index in [1.54, 1.807) is 7.11 Å². The third-order valence-corrected chi connectivity index (χ3v) is 6.92. The summed E-state index contributed by atoms with van der Waals surface area (Å²) in [7, 11) is 1.60. The highest BCUT2D eigenvalue weighted by atomic mass is 19.1. The van der Waals surface area contributed by atoms with Crippen LogP contribution in [0, 0.1) is 0 Å². The van der Waals surface area contributed by atoms with Crippen LogP contribution in [0.1, 0.15) is 22.9 Å². The van der Waals surface area contributed by atoms with E-state index in [0.717, 1.165) is 33.5 Å². The normalized spacial score (nSPS) is 21.3. The lowest BCUT2D eigenvalue weighted by atomic mass is 9.77. The fraction of sp³-hybridized carbons (Fsp3) is 0.241. The molecular weight excluding hydrogens is 489 g/mol. The molecule has 5 rings (SSSR count). The van der Waals surface area contributed by atoms with Crippen molar-refractivity contribution in [1.82, 2.24) is 14.9 Å². The Bertz CT molecular complexity index is 1430. The minimum absolute atomic E-state index is 0.0476. The first kappa shape index (κ1) is 25.6. The number of methoxy groups -OCH3 is 1. The van der Waals surface area contributed by atoms with E-state index in [-0.39, 0.29) is 6.54 Å². The van der Waals surface area contributed by atoms with Gasteiger partial charge in [0.15, 0.2) is 12.4 Å². The molecule has 2 heterocycles. The Labute approximate surface area is 218 Å². The second-order valence-electron chi connectivity index (χ2n) is 9.11. The van der Waals surface area contributed by atoms with Gasteiger partial charge in [0.05, 0.1) is 12.6 Å². The Morgan fingerprint density at radius 1 is 0.947 bits per heavy atom. The van der Waals surface area contributed by atoms with Crippen LogP contribution < -0.4 is 21.3 Å². The highest BCUT2D eigenvalue weighted by molar-refractivity contribution is 5.50. The average molecular weight is 518 g/mol. The number of aromatic nitrogens is 2. The van der Waals surface area contributed by atoms with E-state index in [2.05, 4.69) is 10.3 Å². The molecule has 0 radical (unpaired) electrons. The lowest BCUT2D eigenvalue weighted by Crippen LogP contribution is -2.49. The van der Waals surface area contributed by atoms with Gasteiger partial charge in [0.2, 0.25) is 0 Å². The van der Waals surface area contributed by atoms with E-state index in [1.165, 1.54) is 0 Å². The monoisotopic (exact) mass is 517 g/mol. The molecule has 8 nitrogen and oxygen atoms in total. The fourth-order valence-corrected chi connectivity index (χ4v) is 5.00. The molecule has 4 atom stereocenters. The molecule has 0 unspecified atom stereocenters. The van der Waals surface area contributed by atoms with E-state index in [0.29, 0.717) is 5.75 Å². The quantitative estimate of drug-likeness (QED) is 0.311. The van der Waals surface area contributed by atoms with Crippen molar-refractivity contribution >= 4 is 0 Å². The van der Waals surface area contributed by atoms with E-state index >= 15 is 4.39 Å². The van der Waals surface area contributed by atoms with Crippen molar-refractivity contribution in [3.8, 4) is 5.75 Å². The summed E-state index contributed by atoms with van der Waals surface area (Å²) in [5.74, 6) is 0.702. The van der Waals surface area contributed by atoms with Crippen molar-refractivity contribution in [2.75, 3.05) is 13.7 Å². The van der Waals surface area contributed by atoms with Crippen molar-refractivity contribution in [1.29, 1.82) is 0 Å². The molecule has 0 aliphatic carbocycles. The van der Waals surface area contributed by atoms with Gasteiger partial charge < -0.3 is 14.6 Å². The number of rotatable bonds is 8. The largest absolute Gasteiger partial charge is 0.497 e. The van der Waals surface area contributed by atoms with Crippen LogP contribution >= 0.6 is 0 Å². The third kappa shape index (κ3) is 4.67. The van der Waals surface area contributed by atoms with Crippen molar-refractivity contribution in [3.05, 3.63) is 135 Å². The van der Waals surface area contributed by atoms with Gasteiger partial charge in [-0.15, -0.1) is 0 Å². The molecular formula is C29H28FN3O5. The second-order valence-corrected chi connectivity index (χ2v) is 9.11. The Hall–Kier alpha value is -4.05. The van der Waals surface area contributed by atoms with E-state index < -0.39 is 41.4 Å². The first-order valence-corrected chi connectivity index (χ1v) is 12.2. The summed E-state index contributed by atoms with van der Waals surface area (Å²) in [4.78, 5) is 25.8. The van der Waals surface area contributed by atoms with Crippen molar-refractivity contribution in [2.24, 2.45) is 0 Å². The Morgan fingerprint density at radius 3 is 2.08 bits per heavy atom. The lowest BCUT2D eigenvalue weighted by Gasteiger charge is -2.38. The summed E-state index contributed by atoms with van der Waals surface area (Å²) in [6.07, 6.45) is -4.60. The summed E-state index contributed by atoms with van der Waals surface area (Å²) >= 11 is 0. The molecule has 3 N–H and O–H groups in total. The summed E-state index contributed by atoms with van der Waals surface area (Å²) < 4.78 is 27.4. The van der Waals surface area contributed by atoms with E-state index in [1.807, 2.05) is 84.9 Å². The maximum atomic E-state index is 15.2. The maximum Gasteiger partial charge on any atom is 0.330 e. The molecule has 4 aromatic rings. The van der Waals surface area contributed by atoms with E-state index in [9.17, 15) is 14.7 Å². The molecule has 0 amide bonds. The topological polar surface area (TPSA) is 106 Å². The molecule has 0 spiro atoms. The molecule has 38 heavy (non-hydrogen) atoms. The molecule has 0 saturated carbocycles. The van der Waals surface area contributed by atoms with Crippen molar-refractivity contribution < 1.29 is 19.0 Å². The van der Waals surface area contributed by atoms with Gasteiger partial charge in [-0.2, -0.15) is 0 Å². The standard InChI is InChI=1S/C29H28FN3O5/c1-37-22-14-12-21(13-15-22)29(19-8-4-2-5-9-19,20-10-6-3-7-11-20)31-18-23-26(35)25(30)27(38-23)33-17-16-24(34)32-28(33)36/h2-17,23,25-27,31,35H,18H2,1H3,(H,32,34,36)/t23-,25-,26+,27-/m1/s1. The Morgan fingerprint density at radius 2 is 1.53 bits per heavy atom. The van der Waals surface area contributed by atoms with Crippen LogP contribution in [0.3, 0.4) is 0 Å². The molecule has 0 bridgehead atoms. The first-order chi connectivity index (χ1) is 18.4. The predicted molar refractivity (Wildman–Crippen MR) is 140 cm³/mol. The number of benzene rings is 3. The number of ether oxygens (including phenoxy) is 2. The summed E-state index contributed by atoms with van der Waals surface area (Å²) in [6.45, 7) is 0.0476. The fourth-order valence-electron chi connectivity index (χ4n) is 5.00. The minimum atomic E-state index is -1.88. The van der Waals surface area contributed by atoms with Gasteiger partial charge in [0.1, 0.15) is 18.0 Å². The van der Waals surface area contributed by atoms with Crippen LogP contribution in [0.5, 0.6) is 5.75 Å². The number of alkyl halides is 1. The van der Waals surface area contributed by atoms with Gasteiger partial charge in [0.25, 0.3) is 5.56 Å². The van der Waals surface area contributed by atoms with E-state index in [4.69, 9.17) is 9.47 Å². The van der Waals surface area contributed by atoms with Crippen LogP contribution in [-0.4, -0.2) is 46.7 Å². The number of nitrogens with one attached hydrogen (secondary N) is 2. The highest BCUT2D eigenvalue weighted by Crippen LogP contribution is 2.38. The molecule has 1 aliphatic heterocycles. The number of hydrogen-bond acceptors (Lipinski definition) is 6. The van der Waals surface area contributed by atoms with Gasteiger partial charge in [-0.25, -0.2) is 9.18 Å². The van der Waals surface area contributed by atoms with Crippen molar-refractivity contribution in [3.63, 3.8) is 0 Å². The predicted octanol–water partition coefficient (Wildman–Crippen LogP) is 2.72. The van der Waals surface area contributed by atoms with Crippen molar-refractivity contribution in [2.45, 2.75) is 30.1 Å². The maximum absolute atomic E-state index is 15.2. The summed E-state index contributed by atoms with van der Waals surface area (Å²) in [5.41, 5.74) is 0.438. The van der Waals surface area contributed by atoms with Gasteiger partial charge in [-0.1, -0.05) is 72.8 Å². The Balaban J connectivity index is 1.54. The molecule has 196 valence electrons. The van der Waals surface area contributed by atoms with Gasteiger partial charge in [-0.05, 0) is 28.8 Å². The van der Waals surface area contributed by atoms with Crippen LogP contribution in [0.4, 0.5) is 4.39 Å². The van der Waals surface area contributed by atoms with Crippen LogP contribution in [0.2, 0.25) is 0 Å². The zero-order valence-corrected chi connectivity index (χ0v) is 20.7. The Kier molecular flexibility index (Phi) is 7.24. The first-order valence-electron chi connectivity index (χ1n) is 12.2. The third-order valence-electron chi connectivity index (χ3n) is 6.92. The molecule has 1 aliphatic rings. The number of hydrogen-bond donors (Lipinski definition) is 3. The number of aliphatic hydroxyl groups is 1. The second kappa shape index (κ2) is 10.7. The molecule has 1 aromatic heterocycles. The van der Waals surface area contributed by atoms with Crippen LogP contribution in [0.15, 0.2) is 107 Å². The number of aliphatic hydroxyl groups excluding tert-OH is 1. The molecule has 1 fully saturated rings. The number of halogens is 1. The number of H-pyrrole nitrogens is 1. The molecule has 9 heteroatoms. The number of nitrogens with zero attached hydrogens (tertiary/aromatic N) is 1. The van der Waals surface area contributed by atoms with Gasteiger partial charge in [-0.3, -0.25) is 19.7 Å². The minimum Gasteiger partial charge on any atom is -0.497 e. The van der Waals surface area contributed by atoms with Crippen LogP contribution in [0.25, 0.3) is 0 Å². The molecule has 3 aromatic carbocycles. The summed E-state index contributed by atoms with van der Waals surface area (Å²) in [6, 6.07) is 28.4. The zero-order valence-electron chi connectivity index (χ0n) is 20.7. The number of aromatic amines is 1. The highest BCUT2D eigenvalue weighted by Gasteiger charge is 2.47. The lowest BCUT2D eigenvalue weighted by molar-refractivity contribution is -0.0275. The van der Waals surface area contributed by atoms with Gasteiger partial charge >= 0.3 is 5.69 Å². The smallest absolute Gasteiger partial charge is 0.330 e. The average Bonchev–Trinajstić information content (AvgIpc) is 3.23. The molecule has 1 saturated heterocycles. The zero-order chi connectivity index (χ0) is 26.7. The van der Waals surface area contributed by atoms with Gasteiger partial charge in [0, 0.05) is 18.8 Å².